The Hall–Kier alpha value is 1.10. The zero-order valence-electron chi connectivity index (χ0n) is 5.62. The van der Waals surface area contributed by atoms with Gasteiger partial charge in [-0.1, -0.05) is 55.1 Å². The second kappa shape index (κ2) is 4.55. The molecule has 1 heterocycles. The molecule has 0 atom stereocenters. The van der Waals surface area contributed by atoms with Gasteiger partial charge in [-0.3, -0.25) is 0 Å². The number of halogens is 4. The summed E-state index contributed by atoms with van der Waals surface area (Å²) in [6.07, 6.45) is 3.43. The van der Waals surface area contributed by atoms with Gasteiger partial charge in [-0.15, -0.1) is 0 Å². The molecular formula is C5H4Br2Cl2N2S. The van der Waals surface area contributed by atoms with Gasteiger partial charge in [-0.2, -0.15) is 5.10 Å². The highest BCUT2D eigenvalue weighted by Crippen LogP contribution is 2.44. The molecule has 7 heteroatoms. The number of rotatable bonds is 3. The van der Waals surface area contributed by atoms with E-state index in [1.807, 2.05) is 0 Å². The molecule has 0 aliphatic heterocycles. The molecule has 0 N–H and O–H groups in total. The van der Waals surface area contributed by atoms with E-state index in [9.17, 15) is 0 Å². The lowest BCUT2D eigenvalue weighted by atomic mass is 10.8. The number of alkyl halides is 4. The van der Waals surface area contributed by atoms with Crippen molar-refractivity contribution in [1.29, 1.82) is 0 Å². The van der Waals surface area contributed by atoms with Gasteiger partial charge in [0.15, 0.2) is 0 Å². The number of hydrogen-bond donors (Lipinski definition) is 0. The van der Waals surface area contributed by atoms with E-state index in [0.29, 0.717) is 0 Å². The summed E-state index contributed by atoms with van der Waals surface area (Å²) in [7, 11) is 0. The third-order valence-corrected chi connectivity index (χ3v) is 5.72. The molecule has 0 spiro atoms. The van der Waals surface area contributed by atoms with Crippen molar-refractivity contribution in [2.75, 3.05) is 0 Å². The molecular weight excluding hydrogens is 351 g/mol. The summed E-state index contributed by atoms with van der Waals surface area (Å²) in [6, 6.07) is 1.80. The van der Waals surface area contributed by atoms with Crippen LogP contribution in [0.15, 0.2) is 18.5 Å². The Balaban J connectivity index is 2.62. The van der Waals surface area contributed by atoms with Crippen molar-refractivity contribution in [3.63, 3.8) is 0 Å². The fraction of sp³-hybridized carbons (Fsp3) is 0.400. The first-order valence-electron chi connectivity index (χ1n) is 2.87. The van der Waals surface area contributed by atoms with E-state index in [0.717, 1.165) is 0 Å². The molecule has 0 bridgehead atoms. The van der Waals surface area contributed by atoms with Gasteiger partial charge in [0.25, 0.3) is 0 Å². The summed E-state index contributed by atoms with van der Waals surface area (Å²) in [5.74, 6) is 0. The fourth-order valence-electron chi connectivity index (χ4n) is 0.473. The van der Waals surface area contributed by atoms with Crippen molar-refractivity contribution in [3.05, 3.63) is 18.5 Å². The third-order valence-electron chi connectivity index (χ3n) is 0.949. The van der Waals surface area contributed by atoms with E-state index in [-0.39, 0.29) is 3.74 Å². The van der Waals surface area contributed by atoms with Gasteiger partial charge in [-0.05, 0) is 6.07 Å². The van der Waals surface area contributed by atoms with Crippen LogP contribution in [0, 0.1) is 0 Å². The van der Waals surface area contributed by atoms with Crippen LogP contribution in [-0.4, -0.2) is 16.6 Å². The highest BCUT2D eigenvalue weighted by atomic mass is 79.9. The topological polar surface area (TPSA) is 17.8 Å². The minimum Gasteiger partial charge on any atom is -0.211 e. The van der Waals surface area contributed by atoms with Crippen molar-refractivity contribution >= 4 is 67.0 Å². The van der Waals surface area contributed by atoms with E-state index in [2.05, 4.69) is 37.0 Å². The van der Waals surface area contributed by atoms with Crippen LogP contribution in [0.1, 0.15) is 0 Å². The lowest BCUT2D eigenvalue weighted by Gasteiger charge is -2.19. The van der Waals surface area contributed by atoms with Crippen molar-refractivity contribution in [1.82, 2.24) is 9.19 Å². The smallest absolute Gasteiger partial charge is 0.206 e. The van der Waals surface area contributed by atoms with Gasteiger partial charge in [0.05, 0.1) is 0 Å². The molecule has 0 aliphatic rings. The quantitative estimate of drug-likeness (QED) is 0.771. The zero-order chi connectivity index (χ0) is 9.19. The van der Waals surface area contributed by atoms with Crippen molar-refractivity contribution in [2.24, 2.45) is 0 Å². The monoisotopic (exact) mass is 352 g/mol. The predicted octanol–water partition coefficient (Wildman–Crippen LogP) is 3.63. The lowest BCUT2D eigenvalue weighted by Crippen LogP contribution is -2.18. The Morgan fingerprint density at radius 1 is 1.50 bits per heavy atom. The van der Waals surface area contributed by atoms with Crippen molar-refractivity contribution in [3.8, 4) is 0 Å². The molecule has 12 heavy (non-hydrogen) atoms. The van der Waals surface area contributed by atoms with E-state index < -0.39 is 3.67 Å². The maximum atomic E-state index is 5.94. The van der Waals surface area contributed by atoms with Gasteiger partial charge >= 0.3 is 0 Å². The van der Waals surface area contributed by atoms with Gasteiger partial charge in [0, 0.05) is 24.3 Å². The Morgan fingerprint density at radius 2 is 2.17 bits per heavy atom. The molecule has 0 aliphatic carbocycles. The average molecular weight is 355 g/mol. The summed E-state index contributed by atoms with van der Waals surface area (Å²) in [5.41, 5.74) is 0. The molecule has 1 aromatic rings. The highest BCUT2D eigenvalue weighted by molar-refractivity contribution is 9.24. The Kier molecular flexibility index (Phi) is 4.24. The summed E-state index contributed by atoms with van der Waals surface area (Å²) < 4.78 is 0.414. The van der Waals surface area contributed by atoms with Crippen LogP contribution in [-0.2, 0) is 0 Å². The number of aromatic nitrogens is 2. The molecule has 1 rings (SSSR count). The van der Waals surface area contributed by atoms with Crippen LogP contribution in [0.5, 0.6) is 0 Å². The minimum absolute atomic E-state index is 0.199. The number of nitrogens with zero attached hydrogens (tertiary/aromatic N) is 2. The Bertz CT molecular complexity index is 240. The summed E-state index contributed by atoms with van der Waals surface area (Å²) in [5, 5.41) is 3.95. The predicted molar refractivity (Wildman–Crippen MR) is 61.3 cm³/mol. The molecule has 0 radical (unpaired) electrons. The van der Waals surface area contributed by atoms with Crippen LogP contribution in [0.4, 0.5) is 0 Å². The molecule has 68 valence electrons. The zero-order valence-corrected chi connectivity index (χ0v) is 11.1. The molecule has 2 nitrogen and oxygen atoms in total. The largest absolute Gasteiger partial charge is 0.211 e. The van der Waals surface area contributed by atoms with Crippen LogP contribution in [0.2, 0.25) is 0 Å². The second-order valence-electron chi connectivity index (χ2n) is 1.86. The highest BCUT2D eigenvalue weighted by Gasteiger charge is 2.33. The first-order valence-corrected chi connectivity index (χ1v) is 6.23. The van der Waals surface area contributed by atoms with Gasteiger partial charge in [0.1, 0.15) is 3.74 Å². The maximum absolute atomic E-state index is 5.94. The van der Waals surface area contributed by atoms with E-state index in [1.165, 1.54) is 11.9 Å². The molecule has 0 fully saturated rings. The molecule has 0 saturated heterocycles. The van der Waals surface area contributed by atoms with E-state index in [1.54, 1.807) is 22.5 Å². The molecule has 0 saturated carbocycles. The van der Waals surface area contributed by atoms with Crippen LogP contribution < -0.4 is 0 Å². The minimum atomic E-state index is -0.980. The van der Waals surface area contributed by atoms with E-state index in [4.69, 9.17) is 23.2 Å². The number of hydrogen-bond acceptors (Lipinski definition) is 2. The lowest BCUT2D eigenvalue weighted by molar-refractivity contribution is 0.998. The van der Waals surface area contributed by atoms with E-state index >= 15 is 0 Å². The van der Waals surface area contributed by atoms with Gasteiger partial charge in [0.2, 0.25) is 3.67 Å². The Labute approximate surface area is 101 Å². The first kappa shape index (κ1) is 11.2. The first-order chi connectivity index (χ1) is 5.52. The molecule has 0 aromatic carbocycles. The van der Waals surface area contributed by atoms with Crippen LogP contribution in [0.3, 0.4) is 0 Å². The second-order valence-corrected chi connectivity index (χ2v) is 7.96. The summed E-state index contributed by atoms with van der Waals surface area (Å²) in [4.78, 5) is 0. The van der Waals surface area contributed by atoms with Crippen LogP contribution >= 0.6 is 67.0 Å². The fourth-order valence-corrected chi connectivity index (χ4v) is 1.96. The third kappa shape index (κ3) is 3.10. The standard InChI is InChI=1S/C5H4Br2Cl2N2S/c6-4(7)5(8,9)12-11-3-1-2-10-11/h1-4H. The average Bonchev–Trinajstić information content (AvgIpc) is 2.38. The summed E-state index contributed by atoms with van der Waals surface area (Å²) in [6.45, 7) is 0. The maximum Gasteiger partial charge on any atom is 0.206 e. The van der Waals surface area contributed by atoms with Crippen molar-refractivity contribution in [2.45, 2.75) is 7.40 Å². The normalized spacial score (nSPS) is 12.4. The van der Waals surface area contributed by atoms with Crippen molar-refractivity contribution < 1.29 is 0 Å². The van der Waals surface area contributed by atoms with Gasteiger partial charge < -0.3 is 0 Å². The SMILES string of the molecule is ClC(Cl)(Sn1cccn1)C(Br)Br. The van der Waals surface area contributed by atoms with Crippen LogP contribution in [0.25, 0.3) is 0 Å². The Morgan fingerprint density at radius 3 is 2.58 bits per heavy atom. The molecule has 1 aromatic heterocycles. The van der Waals surface area contributed by atoms with Gasteiger partial charge in [-0.25, -0.2) is 4.09 Å². The molecule has 0 unspecified atom stereocenters. The summed E-state index contributed by atoms with van der Waals surface area (Å²) >= 11 is 19.5. The molecule has 0 amide bonds.